The van der Waals surface area contributed by atoms with Crippen molar-refractivity contribution in [2.75, 3.05) is 18.6 Å². The molecule has 2 fully saturated rings. The lowest BCUT2D eigenvalue weighted by Gasteiger charge is -2.26. The van der Waals surface area contributed by atoms with E-state index in [-0.39, 0.29) is 12.5 Å². The van der Waals surface area contributed by atoms with E-state index in [2.05, 4.69) is 0 Å². The summed E-state index contributed by atoms with van der Waals surface area (Å²) in [6.45, 7) is 0.951. The number of carbonyl (C=O) groups is 1. The minimum Gasteiger partial charge on any atom is -0.491 e. The Balaban J connectivity index is 1.45. The van der Waals surface area contributed by atoms with Crippen LogP contribution in [0.4, 0.5) is 5.69 Å². The monoisotopic (exact) mass is 419 g/mol. The minimum absolute atomic E-state index is 0.0619. The average Bonchev–Trinajstić information content (AvgIpc) is 3.61. The standard InChI is InChI=1S/C22H23Cl2NO3/c1-25(19-4-2-3-5-20(19)27-13-15-6-7-15)21(26)22(10-11-22)28-14-16-12-17(23)8-9-18(16)24/h2-5,8-9,12,15H,6-7,10-11,13-14H2,1H3. The maximum absolute atomic E-state index is 13.2. The summed E-state index contributed by atoms with van der Waals surface area (Å²) < 4.78 is 12.0. The van der Waals surface area contributed by atoms with E-state index in [9.17, 15) is 4.79 Å². The van der Waals surface area contributed by atoms with Crippen LogP contribution >= 0.6 is 23.2 Å². The third-order valence-corrected chi connectivity index (χ3v) is 5.91. The third-order valence-electron chi connectivity index (χ3n) is 5.31. The lowest BCUT2D eigenvalue weighted by Crippen LogP contribution is -2.40. The quantitative estimate of drug-likeness (QED) is 0.567. The fourth-order valence-corrected chi connectivity index (χ4v) is 3.53. The summed E-state index contributed by atoms with van der Waals surface area (Å²) in [4.78, 5) is 14.8. The molecule has 4 nitrogen and oxygen atoms in total. The number of ether oxygens (including phenoxy) is 2. The minimum atomic E-state index is -0.802. The second kappa shape index (κ2) is 7.94. The van der Waals surface area contributed by atoms with E-state index in [4.69, 9.17) is 32.7 Å². The largest absolute Gasteiger partial charge is 0.491 e. The smallest absolute Gasteiger partial charge is 0.259 e. The van der Waals surface area contributed by atoms with E-state index in [1.165, 1.54) is 12.8 Å². The van der Waals surface area contributed by atoms with Crippen LogP contribution in [0.15, 0.2) is 42.5 Å². The van der Waals surface area contributed by atoms with Gasteiger partial charge in [-0.05, 0) is 67.5 Å². The highest BCUT2D eigenvalue weighted by atomic mass is 35.5. The first-order valence-electron chi connectivity index (χ1n) is 9.56. The van der Waals surface area contributed by atoms with Crippen LogP contribution in [0.5, 0.6) is 5.75 Å². The van der Waals surface area contributed by atoms with E-state index < -0.39 is 5.60 Å². The summed E-state index contributed by atoms with van der Waals surface area (Å²) >= 11 is 12.3. The van der Waals surface area contributed by atoms with Crippen LogP contribution in [0.3, 0.4) is 0 Å². The molecule has 2 aliphatic carbocycles. The molecular formula is C22H23Cl2NO3. The highest BCUT2D eigenvalue weighted by molar-refractivity contribution is 6.33. The molecule has 0 bridgehead atoms. The van der Waals surface area contributed by atoms with Crippen molar-refractivity contribution in [1.82, 2.24) is 0 Å². The van der Waals surface area contributed by atoms with E-state index in [1.54, 1.807) is 30.1 Å². The Morgan fingerprint density at radius 2 is 1.93 bits per heavy atom. The van der Waals surface area contributed by atoms with Crippen LogP contribution in [0, 0.1) is 5.92 Å². The first-order chi connectivity index (χ1) is 13.5. The Hall–Kier alpha value is -1.75. The second-order valence-corrected chi connectivity index (χ2v) is 8.45. The number of para-hydroxylation sites is 2. The molecule has 0 heterocycles. The van der Waals surface area contributed by atoms with Gasteiger partial charge < -0.3 is 14.4 Å². The molecule has 0 saturated heterocycles. The number of rotatable bonds is 8. The number of likely N-dealkylation sites (N-methyl/N-ethyl adjacent to an activating group) is 1. The molecule has 0 aromatic heterocycles. The molecule has 6 heteroatoms. The molecular weight excluding hydrogens is 397 g/mol. The molecule has 4 rings (SSSR count). The zero-order valence-corrected chi connectivity index (χ0v) is 17.3. The van der Waals surface area contributed by atoms with Gasteiger partial charge in [-0.15, -0.1) is 0 Å². The van der Waals surface area contributed by atoms with Crippen molar-refractivity contribution in [2.24, 2.45) is 5.92 Å². The zero-order valence-electron chi connectivity index (χ0n) is 15.8. The van der Waals surface area contributed by atoms with Crippen LogP contribution in [0.1, 0.15) is 31.2 Å². The molecule has 0 aliphatic heterocycles. The van der Waals surface area contributed by atoms with Crippen LogP contribution < -0.4 is 9.64 Å². The van der Waals surface area contributed by atoms with Crippen LogP contribution in [-0.4, -0.2) is 25.2 Å². The molecule has 2 saturated carbocycles. The van der Waals surface area contributed by atoms with Gasteiger partial charge in [0.25, 0.3) is 5.91 Å². The lowest BCUT2D eigenvalue weighted by atomic mass is 10.2. The second-order valence-electron chi connectivity index (χ2n) is 7.60. The molecule has 0 radical (unpaired) electrons. The first-order valence-corrected chi connectivity index (χ1v) is 10.3. The van der Waals surface area contributed by atoms with Gasteiger partial charge in [-0.1, -0.05) is 35.3 Å². The number of carbonyl (C=O) groups excluding carboxylic acids is 1. The molecule has 2 aromatic rings. The molecule has 2 aliphatic rings. The summed E-state index contributed by atoms with van der Waals surface area (Å²) in [6, 6.07) is 12.9. The summed E-state index contributed by atoms with van der Waals surface area (Å²) in [5, 5.41) is 1.18. The summed E-state index contributed by atoms with van der Waals surface area (Å²) in [6.07, 6.45) is 3.83. The number of hydrogen-bond donors (Lipinski definition) is 0. The Morgan fingerprint density at radius 3 is 2.64 bits per heavy atom. The number of nitrogens with zero attached hydrogens (tertiary/aromatic N) is 1. The topological polar surface area (TPSA) is 38.8 Å². The molecule has 0 atom stereocenters. The highest BCUT2D eigenvalue weighted by Gasteiger charge is 2.53. The SMILES string of the molecule is CN(C(=O)C1(OCc2cc(Cl)ccc2Cl)CC1)c1ccccc1OCC1CC1. The average molecular weight is 420 g/mol. The van der Waals surface area contributed by atoms with E-state index in [0.717, 1.165) is 17.0 Å². The fraction of sp³-hybridized carbons (Fsp3) is 0.409. The van der Waals surface area contributed by atoms with E-state index in [0.29, 0.717) is 35.4 Å². The van der Waals surface area contributed by atoms with Gasteiger partial charge in [-0.25, -0.2) is 0 Å². The van der Waals surface area contributed by atoms with Gasteiger partial charge in [0.05, 0.1) is 18.9 Å². The molecule has 28 heavy (non-hydrogen) atoms. The number of anilines is 1. The molecule has 1 amide bonds. The number of hydrogen-bond acceptors (Lipinski definition) is 3. The Labute approximate surface area is 175 Å². The number of benzene rings is 2. The Morgan fingerprint density at radius 1 is 1.18 bits per heavy atom. The fourth-order valence-electron chi connectivity index (χ4n) is 3.17. The van der Waals surface area contributed by atoms with Crippen molar-refractivity contribution in [3.63, 3.8) is 0 Å². The zero-order chi connectivity index (χ0) is 19.7. The first kappa shape index (κ1) is 19.6. The maximum atomic E-state index is 13.2. The highest BCUT2D eigenvalue weighted by Crippen LogP contribution is 2.44. The maximum Gasteiger partial charge on any atom is 0.259 e. The van der Waals surface area contributed by atoms with Crippen molar-refractivity contribution in [3.05, 3.63) is 58.1 Å². The molecule has 2 aromatic carbocycles. The van der Waals surface area contributed by atoms with Gasteiger partial charge in [0.1, 0.15) is 11.4 Å². The normalized spacial score (nSPS) is 17.2. The third kappa shape index (κ3) is 4.29. The van der Waals surface area contributed by atoms with Gasteiger partial charge >= 0.3 is 0 Å². The van der Waals surface area contributed by atoms with Crippen molar-refractivity contribution in [1.29, 1.82) is 0 Å². The van der Waals surface area contributed by atoms with E-state index in [1.807, 2.05) is 24.3 Å². The Kier molecular flexibility index (Phi) is 5.55. The van der Waals surface area contributed by atoms with Crippen molar-refractivity contribution < 1.29 is 14.3 Å². The predicted molar refractivity (Wildman–Crippen MR) is 111 cm³/mol. The van der Waals surface area contributed by atoms with Gasteiger partial charge in [0.15, 0.2) is 0 Å². The van der Waals surface area contributed by atoms with Crippen LogP contribution in [0.25, 0.3) is 0 Å². The predicted octanol–water partition coefficient (Wildman–Crippen LogP) is 5.49. The van der Waals surface area contributed by atoms with Crippen molar-refractivity contribution in [2.45, 2.75) is 37.9 Å². The number of halogens is 2. The van der Waals surface area contributed by atoms with Crippen LogP contribution in [-0.2, 0) is 16.1 Å². The number of amides is 1. The molecule has 0 N–H and O–H groups in total. The van der Waals surface area contributed by atoms with Gasteiger partial charge in [-0.3, -0.25) is 4.79 Å². The van der Waals surface area contributed by atoms with Crippen molar-refractivity contribution >= 4 is 34.8 Å². The van der Waals surface area contributed by atoms with Gasteiger partial charge in [0.2, 0.25) is 0 Å². The van der Waals surface area contributed by atoms with Crippen molar-refractivity contribution in [3.8, 4) is 5.75 Å². The van der Waals surface area contributed by atoms with Gasteiger partial charge in [0, 0.05) is 17.1 Å². The lowest BCUT2D eigenvalue weighted by molar-refractivity contribution is -0.133. The Bertz CT molecular complexity index is 878. The van der Waals surface area contributed by atoms with E-state index >= 15 is 0 Å². The summed E-state index contributed by atoms with van der Waals surface area (Å²) in [5.41, 5.74) is 0.747. The van der Waals surface area contributed by atoms with Crippen LogP contribution in [0.2, 0.25) is 10.0 Å². The summed E-state index contributed by atoms with van der Waals surface area (Å²) in [7, 11) is 1.78. The summed E-state index contributed by atoms with van der Waals surface area (Å²) in [5.74, 6) is 1.32. The van der Waals surface area contributed by atoms with Gasteiger partial charge in [-0.2, -0.15) is 0 Å². The molecule has 0 spiro atoms. The molecule has 148 valence electrons. The molecule has 0 unspecified atom stereocenters.